The number of fused-ring (bicyclic) bond motifs is 28. The first-order chi connectivity index (χ1) is 66.5. The van der Waals surface area contributed by atoms with Gasteiger partial charge >= 0.3 is 0 Å². The van der Waals surface area contributed by atoms with Gasteiger partial charge in [-0.15, -0.1) is 0 Å². The van der Waals surface area contributed by atoms with E-state index in [-0.39, 0.29) is 12.0 Å². The monoisotopic (exact) mass is 1700 g/mol. The molecule has 20 aromatic carbocycles. The SMILES string of the molecule is C1=CC2c3ccc4c(c3N(c3cc(-c5cccc(-c6cccc(-c7cccc(-n8c9ccccc9c9ccc%10c(c%11ccccc%11n%10-c%10ccccc%10)c98)c7)c6)c5)cc(-c5cc(-n6c7ccccc7c7c6ccc6c8ccccc8n(-c8ccccc8)c67)cc(-n6c7ccccc7c7c6ccc6c8ccccc8n(-c8ccccc8)c67)c5)c3)C2C=C1)c1ccccc1n4-c1ccccc1. The molecule has 134 heavy (non-hydrogen) atoms. The summed E-state index contributed by atoms with van der Waals surface area (Å²) < 4.78 is 17.5. The number of para-hydroxylation sites is 11. The maximum atomic E-state index is 2.71. The van der Waals surface area contributed by atoms with Crippen LogP contribution >= 0.6 is 0 Å². The maximum absolute atomic E-state index is 2.71. The second kappa shape index (κ2) is 28.9. The number of aromatic nitrogens is 7. The molecule has 0 N–H and O–H groups in total. The average molecular weight is 1710 g/mol. The van der Waals surface area contributed by atoms with Crippen LogP contribution < -0.4 is 4.90 Å². The van der Waals surface area contributed by atoms with Gasteiger partial charge < -0.3 is 36.9 Å². The van der Waals surface area contributed by atoms with Crippen molar-refractivity contribution in [2.45, 2.75) is 12.0 Å². The number of allylic oxidation sites excluding steroid dienone is 2. The van der Waals surface area contributed by atoms with Crippen LogP contribution in [0.25, 0.3) is 237 Å². The number of hydrogen-bond acceptors (Lipinski definition) is 1. The Kier molecular flexibility index (Phi) is 16.0. The molecule has 29 rings (SSSR count). The molecule has 8 nitrogen and oxygen atoms in total. The zero-order chi connectivity index (χ0) is 87.5. The van der Waals surface area contributed by atoms with Crippen molar-refractivity contribution in [3.8, 4) is 84.3 Å². The third kappa shape index (κ3) is 10.8. The molecule has 2 atom stereocenters. The normalized spacial score (nSPS) is 13.9. The van der Waals surface area contributed by atoms with Gasteiger partial charge in [-0.1, -0.05) is 297 Å². The minimum Gasteiger partial charge on any atom is -0.333 e. The molecule has 1 aliphatic heterocycles. The van der Waals surface area contributed by atoms with Gasteiger partial charge in [0.1, 0.15) is 0 Å². The predicted octanol–water partition coefficient (Wildman–Crippen LogP) is 32.8. The van der Waals surface area contributed by atoms with E-state index in [1.165, 1.54) is 142 Å². The molecule has 8 heterocycles. The van der Waals surface area contributed by atoms with Crippen molar-refractivity contribution in [1.82, 2.24) is 32.0 Å². The van der Waals surface area contributed by atoms with Crippen LogP contribution in [0.2, 0.25) is 0 Å². The van der Waals surface area contributed by atoms with Crippen LogP contribution in [0, 0.1) is 0 Å². The van der Waals surface area contributed by atoms with Crippen LogP contribution in [0.15, 0.2) is 473 Å². The number of benzene rings is 20. The molecule has 0 spiro atoms. The third-order valence-electron chi connectivity index (χ3n) is 29.1. The van der Waals surface area contributed by atoms with E-state index < -0.39 is 0 Å². The van der Waals surface area contributed by atoms with Crippen molar-refractivity contribution in [3.05, 3.63) is 479 Å². The lowest BCUT2D eigenvalue weighted by atomic mass is 9.90. The maximum Gasteiger partial charge on any atom is 0.0641 e. The van der Waals surface area contributed by atoms with Crippen LogP contribution in [-0.2, 0) is 0 Å². The summed E-state index contributed by atoms with van der Waals surface area (Å²) in [5.74, 6) is 0.0624. The number of hydrogen-bond donors (Lipinski definition) is 0. The summed E-state index contributed by atoms with van der Waals surface area (Å²) in [5, 5.41) is 17.0. The number of rotatable bonds is 12. The van der Waals surface area contributed by atoms with Gasteiger partial charge in [0.15, 0.2) is 0 Å². The van der Waals surface area contributed by atoms with E-state index in [1.807, 2.05) is 0 Å². The molecule has 0 bridgehead atoms. The van der Waals surface area contributed by atoms with Gasteiger partial charge in [0.25, 0.3) is 0 Å². The predicted molar refractivity (Wildman–Crippen MR) is 562 cm³/mol. The minimum atomic E-state index is -0.0589. The smallest absolute Gasteiger partial charge is 0.0641 e. The van der Waals surface area contributed by atoms with Crippen molar-refractivity contribution >= 4 is 164 Å². The van der Waals surface area contributed by atoms with Gasteiger partial charge in [-0.05, 0) is 226 Å². The molecule has 0 radical (unpaired) electrons. The Morgan fingerprint density at radius 3 is 0.858 bits per heavy atom. The zero-order valence-electron chi connectivity index (χ0n) is 72.8. The highest BCUT2D eigenvalue weighted by molar-refractivity contribution is 6.30. The van der Waals surface area contributed by atoms with Crippen molar-refractivity contribution in [1.29, 1.82) is 0 Å². The van der Waals surface area contributed by atoms with E-state index in [2.05, 4.69) is 510 Å². The highest BCUT2D eigenvalue weighted by Gasteiger charge is 2.41. The first kappa shape index (κ1) is 74.2. The first-order valence-corrected chi connectivity index (χ1v) is 46.4. The lowest BCUT2D eigenvalue weighted by Crippen LogP contribution is -2.28. The Hall–Kier alpha value is -17.7. The summed E-state index contributed by atoms with van der Waals surface area (Å²) >= 11 is 0. The van der Waals surface area contributed by atoms with Gasteiger partial charge in [0.05, 0.1) is 89.0 Å². The second-order valence-electron chi connectivity index (χ2n) is 36.1. The highest BCUT2D eigenvalue weighted by atomic mass is 15.2. The summed E-state index contributed by atoms with van der Waals surface area (Å²) in [6.45, 7) is 0. The summed E-state index contributed by atoms with van der Waals surface area (Å²) in [6.07, 6.45) is 9.41. The molecule has 1 aliphatic carbocycles. The fourth-order valence-corrected chi connectivity index (χ4v) is 23.6. The second-order valence-corrected chi connectivity index (χ2v) is 36.1. The summed E-state index contributed by atoms with van der Waals surface area (Å²) in [7, 11) is 0. The van der Waals surface area contributed by atoms with Gasteiger partial charge in [-0.2, -0.15) is 0 Å². The molecular formula is C126H80N8. The number of anilines is 2. The van der Waals surface area contributed by atoms with Crippen molar-refractivity contribution in [3.63, 3.8) is 0 Å². The lowest BCUT2D eigenvalue weighted by molar-refractivity contribution is 0.745. The molecule has 0 fully saturated rings. The fourth-order valence-electron chi connectivity index (χ4n) is 23.6. The molecule has 2 aliphatic rings. The Balaban J connectivity index is 0.670. The molecule has 0 saturated carbocycles. The van der Waals surface area contributed by atoms with E-state index in [0.29, 0.717) is 0 Å². The van der Waals surface area contributed by atoms with Crippen molar-refractivity contribution in [2.75, 3.05) is 4.90 Å². The van der Waals surface area contributed by atoms with Crippen molar-refractivity contribution < 1.29 is 0 Å². The van der Waals surface area contributed by atoms with E-state index in [0.717, 1.165) is 112 Å². The Morgan fingerprint density at radius 2 is 0.433 bits per heavy atom. The molecule has 624 valence electrons. The minimum absolute atomic E-state index is 0.0589. The van der Waals surface area contributed by atoms with E-state index in [4.69, 9.17) is 0 Å². The molecule has 7 aromatic heterocycles. The first-order valence-electron chi connectivity index (χ1n) is 46.4. The Bertz CT molecular complexity index is 9470. The molecular weight excluding hydrogens is 1630 g/mol. The summed E-state index contributed by atoms with van der Waals surface area (Å²) in [5.41, 5.74) is 36.4. The Labute approximate surface area is 770 Å². The van der Waals surface area contributed by atoms with E-state index in [1.54, 1.807) is 0 Å². The highest BCUT2D eigenvalue weighted by Crippen LogP contribution is 2.56. The van der Waals surface area contributed by atoms with Gasteiger partial charge in [-0.25, -0.2) is 0 Å². The fraction of sp³-hybridized carbons (Fsp3) is 0.0159. The molecule has 0 amide bonds. The van der Waals surface area contributed by atoms with Gasteiger partial charge in [0.2, 0.25) is 0 Å². The lowest BCUT2D eigenvalue weighted by Gasteiger charge is -2.30. The van der Waals surface area contributed by atoms with Crippen LogP contribution in [0.3, 0.4) is 0 Å². The number of nitrogens with zero attached hydrogens (tertiary/aromatic N) is 8. The third-order valence-corrected chi connectivity index (χ3v) is 29.1. The molecule has 8 heteroatoms. The molecule has 2 unspecified atom stereocenters. The van der Waals surface area contributed by atoms with E-state index >= 15 is 0 Å². The van der Waals surface area contributed by atoms with Gasteiger partial charge in [-0.3, -0.25) is 0 Å². The van der Waals surface area contributed by atoms with Gasteiger partial charge in [0, 0.05) is 127 Å². The molecule has 0 saturated heterocycles. The quantitative estimate of drug-likeness (QED) is 0.120. The summed E-state index contributed by atoms with van der Waals surface area (Å²) in [4.78, 5) is 2.71. The topological polar surface area (TPSA) is 37.8 Å². The van der Waals surface area contributed by atoms with Crippen LogP contribution in [0.4, 0.5) is 11.4 Å². The standard InChI is InChI=1S/C126H80N8/c1-5-37-87(38-6-1)127-111-58-25-17-50-103(111)119-115(127)66-62-101-97-48-15-23-56-109(97)133(125(101)119)91-45-31-36-83(73-91)81-34-29-32-79(70-81)80-33-30-35-82(71-80)84-72-85(75-92(74-84)134-110-57-24-16-49-98(110)102-63-67-116-120(126(102)134)104-51-18-26-59-112(104)128(116)88-39-7-2-8-40-88)86-76-93(129-113-60-27-19-52-105(113)121-117(129)68-64-99-95-46-13-21-54-107(95)131(123(99)121)89-41-9-3-10-42-89)78-94(77-86)130-114-61-28-20-53-106(114)122-118(130)69-65-100-96-47-14-22-55-108(96)132(124(100)122)90-43-11-4-12-44-90/h1-78,98,110H. The average Bonchev–Trinajstić information content (AvgIpc) is 1.55. The summed E-state index contributed by atoms with van der Waals surface area (Å²) in [6, 6.07) is 168. The Morgan fingerprint density at radius 1 is 0.157 bits per heavy atom. The van der Waals surface area contributed by atoms with Crippen LogP contribution in [0.5, 0.6) is 0 Å². The largest absolute Gasteiger partial charge is 0.333 e. The van der Waals surface area contributed by atoms with E-state index in [9.17, 15) is 0 Å². The zero-order valence-corrected chi connectivity index (χ0v) is 72.8. The van der Waals surface area contributed by atoms with Crippen molar-refractivity contribution in [2.24, 2.45) is 0 Å². The molecule has 27 aromatic rings. The van der Waals surface area contributed by atoms with Crippen LogP contribution in [-0.4, -0.2) is 38.0 Å². The van der Waals surface area contributed by atoms with Crippen LogP contribution in [0.1, 0.15) is 11.5 Å².